The van der Waals surface area contributed by atoms with Crippen molar-refractivity contribution in [1.82, 2.24) is 4.90 Å². The second kappa shape index (κ2) is 6.27. The first-order chi connectivity index (χ1) is 9.37. The maximum Gasteiger partial charge on any atom is 0.263 e. The number of fused-ring (bicyclic) bond motifs is 1. The van der Waals surface area contributed by atoms with Gasteiger partial charge in [-0.2, -0.15) is 0 Å². The molecular weight excluding hydrogens is 270 g/mol. The van der Waals surface area contributed by atoms with E-state index in [-0.39, 0.29) is 5.91 Å². The molecule has 0 saturated carbocycles. The molecule has 0 fully saturated rings. The molecule has 1 aliphatic carbocycles. The van der Waals surface area contributed by atoms with Crippen LogP contribution in [0.5, 0.6) is 0 Å². The molecule has 1 amide bonds. The number of hydrogen-bond donors (Lipinski definition) is 1. The van der Waals surface area contributed by atoms with Gasteiger partial charge in [-0.25, -0.2) is 0 Å². The van der Waals surface area contributed by atoms with Gasteiger partial charge in [0.05, 0.1) is 10.5 Å². The zero-order valence-corrected chi connectivity index (χ0v) is 13.6. The third kappa shape index (κ3) is 4.06. The van der Waals surface area contributed by atoms with Gasteiger partial charge in [0, 0.05) is 18.5 Å². The number of amides is 1. The molecule has 1 aromatic heterocycles. The van der Waals surface area contributed by atoms with Crippen LogP contribution in [-0.2, 0) is 12.8 Å². The second-order valence-corrected chi connectivity index (χ2v) is 7.58. The van der Waals surface area contributed by atoms with E-state index in [4.69, 9.17) is 0 Å². The Balaban J connectivity index is 2.12. The average Bonchev–Trinajstić information content (AvgIpc) is 2.68. The van der Waals surface area contributed by atoms with Gasteiger partial charge < -0.3 is 10.0 Å². The van der Waals surface area contributed by atoms with Crippen molar-refractivity contribution in [2.45, 2.75) is 58.0 Å². The summed E-state index contributed by atoms with van der Waals surface area (Å²) in [5.74, 6) is 0.0314. The summed E-state index contributed by atoms with van der Waals surface area (Å²) >= 11 is 1.65. The molecule has 0 aliphatic heterocycles. The molecule has 0 atom stereocenters. The van der Waals surface area contributed by atoms with Gasteiger partial charge >= 0.3 is 0 Å². The molecule has 2 rings (SSSR count). The van der Waals surface area contributed by atoms with Gasteiger partial charge in [0.1, 0.15) is 0 Å². The van der Waals surface area contributed by atoms with Crippen molar-refractivity contribution >= 4 is 17.2 Å². The Morgan fingerprint density at radius 3 is 2.60 bits per heavy atom. The first kappa shape index (κ1) is 15.5. The van der Waals surface area contributed by atoms with Gasteiger partial charge in [-0.3, -0.25) is 4.79 Å². The van der Waals surface area contributed by atoms with Crippen LogP contribution in [0.3, 0.4) is 0 Å². The summed E-state index contributed by atoms with van der Waals surface area (Å²) in [7, 11) is 1.76. The Morgan fingerprint density at radius 1 is 1.30 bits per heavy atom. The molecule has 1 aliphatic rings. The summed E-state index contributed by atoms with van der Waals surface area (Å²) in [5, 5.41) is 9.83. The molecular formula is C16H25NO2S. The maximum absolute atomic E-state index is 12.4. The fourth-order valence-electron chi connectivity index (χ4n) is 2.79. The normalized spacial score (nSPS) is 16.2. The number of nitrogens with zero attached hydrogens (tertiary/aromatic N) is 1. The summed E-state index contributed by atoms with van der Waals surface area (Å²) in [6, 6.07) is 2.08. The standard InChI is InChI=1S/C16H25NO2S/c1-16(2,19)11-17(3)15(18)14-10-12-8-6-4-5-7-9-13(12)20-14/h10,19H,4-9,11H2,1-3H3. The van der Waals surface area contributed by atoms with Crippen LogP contribution in [0.1, 0.15) is 59.6 Å². The zero-order chi connectivity index (χ0) is 14.8. The van der Waals surface area contributed by atoms with E-state index in [9.17, 15) is 9.90 Å². The van der Waals surface area contributed by atoms with Crippen molar-refractivity contribution in [3.8, 4) is 0 Å². The van der Waals surface area contributed by atoms with Crippen LogP contribution in [-0.4, -0.2) is 35.1 Å². The number of carbonyl (C=O) groups is 1. The molecule has 3 nitrogen and oxygen atoms in total. The van der Waals surface area contributed by atoms with E-state index in [0.717, 1.165) is 17.7 Å². The Morgan fingerprint density at radius 2 is 1.95 bits per heavy atom. The SMILES string of the molecule is CN(CC(C)(C)O)C(=O)c1cc2c(s1)CCCCCC2. The largest absolute Gasteiger partial charge is 0.389 e. The Bertz CT molecular complexity index is 448. The third-order valence-electron chi connectivity index (χ3n) is 3.68. The summed E-state index contributed by atoms with van der Waals surface area (Å²) in [6.07, 6.45) is 7.30. The zero-order valence-electron chi connectivity index (χ0n) is 12.7. The van der Waals surface area contributed by atoms with E-state index in [2.05, 4.69) is 6.07 Å². The van der Waals surface area contributed by atoms with E-state index in [1.807, 2.05) is 0 Å². The highest BCUT2D eigenvalue weighted by atomic mass is 32.1. The lowest BCUT2D eigenvalue weighted by Gasteiger charge is -2.25. The van der Waals surface area contributed by atoms with Crippen LogP contribution in [0.4, 0.5) is 0 Å². The van der Waals surface area contributed by atoms with E-state index in [0.29, 0.717) is 6.54 Å². The highest BCUT2D eigenvalue weighted by Gasteiger charge is 2.23. The predicted octanol–water partition coefficient (Wildman–Crippen LogP) is 3.25. The van der Waals surface area contributed by atoms with Gasteiger partial charge in [0.25, 0.3) is 5.91 Å². The quantitative estimate of drug-likeness (QED) is 0.930. The molecule has 4 heteroatoms. The van der Waals surface area contributed by atoms with E-state index in [1.54, 1.807) is 37.1 Å². The maximum atomic E-state index is 12.4. The first-order valence-electron chi connectivity index (χ1n) is 7.46. The van der Waals surface area contributed by atoms with E-state index >= 15 is 0 Å². The minimum Gasteiger partial charge on any atom is -0.389 e. The molecule has 1 N–H and O–H groups in total. The van der Waals surface area contributed by atoms with Crippen LogP contribution >= 0.6 is 11.3 Å². The van der Waals surface area contributed by atoms with Crippen molar-refractivity contribution < 1.29 is 9.90 Å². The van der Waals surface area contributed by atoms with Crippen LogP contribution < -0.4 is 0 Å². The molecule has 0 saturated heterocycles. The van der Waals surface area contributed by atoms with Gasteiger partial charge in [0.2, 0.25) is 0 Å². The molecule has 1 heterocycles. The number of aliphatic hydroxyl groups is 1. The van der Waals surface area contributed by atoms with Crippen molar-refractivity contribution in [3.05, 3.63) is 21.4 Å². The molecule has 0 radical (unpaired) electrons. The first-order valence-corrected chi connectivity index (χ1v) is 8.28. The number of carbonyl (C=O) groups excluding carboxylic acids is 1. The summed E-state index contributed by atoms with van der Waals surface area (Å²) in [6.45, 7) is 3.81. The van der Waals surface area contributed by atoms with Gasteiger partial charge in [-0.1, -0.05) is 12.8 Å². The van der Waals surface area contributed by atoms with Crippen molar-refractivity contribution in [2.24, 2.45) is 0 Å². The topological polar surface area (TPSA) is 40.5 Å². The van der Waals surface area contributed by atoms with Gasteiger partial charge in [-0.15, -0.1) is 11.3 Å². The minimum atomic E-state index is -0.851. The number of rotatable bonds is 3. The molecule has 1 aromatic rings. The predicted molar refractivity (Wildman–Crippen MR) is 83.5 cm³/mol. The minimum absolute atomic E-state index is 0.0314. The molecule has 0 unspecified atom stereocenters. The molecule has 20 heavy (non-hydrogen) atoms. The monoisotopic (exact) mass is 295 g/mol. The molecule has 0 aromatic carbocycles. The number of aryl methyl sites for hydroxylation is 2. The molecule has 112 valence electrons. The van der Waals surface area contributed by atoms with Crippen molar-refractivity contribution in [1.29, 1.82) is 0 Å². The van der Waals surface area contributed by atoms with E-state index < -0.39 is 5.60 Å². The smallest absolute Gasteiger partial charge is 0.263 e. The van der Waals surface area contributed by atoms with Crippen LogP contribution in [0, 0.1) is 0 Å². The van der Waals surface area contributed by atoms with Crippen molar-refractivity contribution in [3.63, 3.8) is 0 Å². The Hall–Kier alpha value is -0.870. The van der Waals surface area contributed by atoms with Gasteiger partial charge in [-0.05, 0) is 51.2 Å². The lowest BCUT2D eigenvalue weighted by atomic mass is 10.00. The summed E-state index contributed by atoms with van der Waals surface area (Å²) in [5.41, 5.74) is 0.519. The molecule has 0 spiro atoms. The van der Waals surface area contributed by atoms with Crippen LogP contribution in [0.15, 0.2) is 6.07 Å². The Labute approximate surface area is 125 Å². The highest BCUT2D eigenvalue weighted by molar-refractivity contribution is 7.14. The fraction of sp³-hybridized carbons (Fsp3) is 0.688. The van der Waals surface area contributed by atoms with Crippen molar-refractivity contribution in [2.75, 3.05) is 13.6 Å². The molecule has 0 bridgehead atoms. The number of hydrogen-bond acceptors (Lipinski definition) is 3. The van der Waals surface area contributed by atoms with Crippen LogP contribution in [0.25, 0.3) is 0 Å². The second-order valence-electron chi connectivity index (χ2n) is 6.45. The number of likely N-dealkylation sites (N-methyl/N-ethyl adjacent to an activating group) is 1. The fourth-order valence-corrected chi connectivity index (χ4v) is 4.04. The Kier molecular flexibility index (Phi) is 4.86. The van der Waals surface area contributed by atoms with E-state index in [1.165, 1.54) is 36.1 Å². The lowest BCUT2D eigenvalue weighted by Crippen LogP contribution is -2.39. The highest BCUT2D eigenvalue weighted by Crippen LogP contribution is 2.29. The van der Waals surface area contributed by atoms with Gasteiger partial charge in [0.15, 0.2) is 0 Å². The summed E-state index contributed by atoms with van der Waals surface area (Å²) < 4.78 is 0. The lowest BCUT2D eigenvalue weighted by molar-refractivity contribution is 0.0370. The third-order valence-corrected chi connectivity index (χ3v) is 4.90. The van der Waals surface area contributed by atoms with Crippen LogP contribution in [0.2, 0.25) is 0 Å². The number of thiophene rings is 1. The average molecular weight is 295 g/mol. The summed E-state index contributed by atoms with van der Waals surface area (Å²) in [4.78, 5) is 16.3.